The summed E-state index contributed by atoms with van der Waals surface area (Å²) in [6, 6.07) is 17.7. The smallest absolute Gasteiger partial charge is 0.310 e. The SMILES string of the molecule is CCOC(=O)C(CC(C)=O)C(c1ccccc1)c1cc(C#N)c(C#N)cc1C#N. The highest BCUT2D eigenvalue weighted by atomic mass is 16.5. The van der Waals surface area contributed by atoms with Crippen LogP contribution in [-0.4, -0.2) is 18.4 Å². The van der Waals surface area contributed by atoms with Crippen LogP contribution in [0.15, 0.2) is 42.5 Å². The molecule has 6 nitrogen and oxygen atoms in total. The molecule has 0 saturated heterocycles. The fourth-order valence-corrected chi connectivity index (χ4v) is 3.34. The number of rotatable bonds is 7. The van der Waals surface area contributed by atoms with E-state index >= 15 is 0 Å². The average molecular weight is 385 g/mol. The number of nitriles is 3. The predicted molar refractivity (Wildman–Crippen MR) is 104 cm³/mol. The van der Waals surface area contributed by atoms with Gasteiger partial charge < -0.3 is 9.53 Å². The lowest BCUT2D eigenvalue weighted by Crippen LogP contribution is -2.28. The summed E-state index contributed by atoms with van der Waals surface area (Å²) in [4.78, 5) is 24.7. The first-order chi connectivity index (χ1) is 14.0. The molecule has 0 amide bonds. The quantitative estimate of drug-likeness (QED) is 0.673. The number of carbonyl (C=O) groups is 2. The standard InChI is InChI=1S/C23H19N3O3/c1-3-29-23(28)21(9-15(2)27)22(16-7-5-4-6-8-16)20-11-18(13-25)17(12-24)10-19(20)14-26/h4-8,10-11,21-22H,3,9H2,1-2H3. The van der Waals surface area contributed by atoms with E-state index in [1.54, 1.807) is 31.2 Å². The Morgan fingerprint density at radius 2 is 1.55 bits per heavy atom. The van der Waals surface area contributed by atoms with Crippen LogP contribution in [0.1, 0.15) is 54.0 Å². The van der Waals surface area contributed by atoms with E-state index < -0.39 is 17.8 Å². The minimum absolute atomic E-state index is 0.0782. The first kappa shape index (κ1) is 21.4. The number of benzene rings is 2. The van der Waals surface area contributed by atoms with Gasteiger partial charge in [-0.1, -0.05) is 30.3 Å². The Labute approximate surface area is 169 Å². The summed E-state index contributed by atoms with van der Waals surface area (Å²) in [5, 5.41) is 28.4. The van der Waals surface area contributed by atoms with E-state index in [2.05, 4.69) is 6.07 Å². The van der Waals surface area contributed by atoms with Gasteiger partial charge in [-0.25, -0.2) is 0 Å². The van der Waals surface area contributed by atoms with E-state index in [0.717, 1.165) is 0 Å². The number of hydrogen-bond acceptors (Lipinski definition) is 6. The summed E-state index contributed by atoms with van der Waals surface area (Å²) in [6.07, 6.45) is -0.0782. The third-order valence-corrected chi connectivity index (χ3v) is 4.54. The highest BCUT2D eigenvalue weighted by Gasteiger charge is 2.35. The number of nitrogens with zero attached hydrogens (tertiary/aromatic N) is 3. The van der Waals surface area contributed by atoms with Crippen LogP contribution >= 0.6 is 0 Å². The fourth-order valence-electron chi connectivity index (χ4n) is 3.34. The molecule has 144 valence electrons. The highest BCUT2D eigenvalue weighted by molar-refractivity contribution is 5.84. The van der Waals surface area contributed by atoms with Crippen molar-refractivity contribution in [2.75, 3.05) is 6.61 Å². The molecule has 0 aliphatic rings. The maximum Gasteiger partial charge on any atom is 0.310 e. The summed E-state index contributed by atoms with van der Waals surface area (Å²) >= 11 is 0. The number of esters is 1. The van der Waals surface area contributed by atoms with Crippen LogP contribution in [0.2, 0.25) is 0 Å². The van der Waals surface area contributed by atoms with E-state index in [-0.39, 0.29) is 35.5 Å². The molecule has 6 heteroatoms. The lowest BCUT2D eigenvalue weighted by molar-refractivity contribution is -0.150. The lowest BCUT2D eigenvalue weighted by Gasteiger charge is -2.27. The minimum Gasteiger partial charge on any atom is -0.466 e. The molecule has 0 bridgehead atoms. The largest absolute Gasteiger partial charge is 0.466 e. The zero-order valence-corrected chi connectivity index (χ0v) is 16.2. The van der Waals surface area contributed by atoms with Gasteiger partial charge in [0.2, 0.25) is 0 Å². The van der Waals surface area contributed by atoms with Crippen molar-refractivity contribution in [1.29, 1.82) is 15.8 Å². The predicted octanol–water partition coefficient (Wildman–Crippen LogP) is 3.59. The van der Waals surface area contributed by atoms with Gasteiger partial charge in [0.25, 0.3) is 0 Å². The molecule has 0 fully saturated rings. The molecule has 0 N–H and O–H groups in total. The number of ketones is 1. The van der Waals surface area contributed by atoms with Gasteiger partial charge in [0, 0.05) is 12.3 Å². The second-order valence-electron chi connectivity index (χ2n) is 6.47. The van der Waals surface area contributed by atoms with Crippen molar-refractivity contribution in [1.82, 2.24) is 0 Å². The van der Waals surface area contributed by atoms with Gasteiger partial charge in [-0.3, -0.25) is 4.79 Å². The fraction of sp³-hybridized carbons (Fsp3) is 0.261. The molecule has 0 radical (unpaired) electrons. The van der Waals surface area contributed by atoms with E-state index in [0.29, 0.717) is 11.1 Å². The van der Waals surface area contributed by atoms with Gasteiger partial charge in [-0.15, -0.1) is 0 Å². The monoisotopic (exact) mass is 385 g/mol. The topological polar surface area (TPSA) is 115 Å². The summed E-state index contributed by atoms with van der Waals surface area (Å²) in [5.74, 6) is -2.31. The molecule has 0 aromatic heterocycles. The van der Waals surface area contributed by atoms with Crippen molar-refractivity contribution < 1.29 is 14.3 Å². The zero-order chi connectivity index (χ0) is 21.4. The van der Waals surface area contributed by atoms with Gasteiger partial charge in [-0.2, -0.15) is 15.8 Å². The van der Waals surface area contributed by atoms with Crippen LogP contribution in [0.4, 0.5) is 0 Å². The molecular formula is C23H19N3O3. The Balaban J connectivity index is 2.80. The molecule has 2 atom stereocenters. The first-order valence-electron chi connectivity index (χ1n) is 9.06. The van der Waals surface area contributed by atoms with Crippen LogP contribution in [0, 0.1) is 39.9 Å². The normalized spacial score (nSPS) is 12.0. The van der Waals surface area contributed by atoms with E-state index in [4.69, 9.17) is 4.74 Å². The van der Waals surface area contributed by atoms with Gasteiger partial charge in [-0.05, 0) is 37.1 Å². The number of ether oxygens (including phenoxy) is 1. The van der Waals surface area contributed by atoms with Crippen LogP contribution in [-0.2, 0) is 14.3 Å². The second kappa shape index (κ2) is 9.83. The first-order valence-corrected chi connectivity index (χ1v) is 9.06. The maximum absolute atomic E-state index is 12.8. The van der Waals surface area contributed by atoms with Crippen molar-refractivity contribution in [3.8, 4) is 18.2 Å². The molecule has 0 spiro atoms. The maximum atomic E-state index is 12.8. The molecule has 0 saturated carbocycles. The molecule has 0 aliphatic heterocycles. The molecular weight excluding hydrogens is 366 g/mol. The molecule has 0 aliphatic carbocycles. The number of carbonyl (C=O) groups excluding carboxylic acids is 2. The van der Waals surface area contributed by atoms with Crippen LogP contribution in [0.5, 0.6) is 0 Å². The molecule has 2 aromatic carbocycles. The van der Waals surface area contributed by atoms with Crippen molar-refractivity contribution in [2.24, 2.45) is 5.92 Å². The third-order valence-electron chi connectivity index (χ3n) is 4.54. The summed E-state index contributed by atoms with van der Waals surface area (Å²) < 4.78 is 5.21. The van der Waals surface area contributed by atoms with Gasteiger partial charge in [0.05, 0.1) is 35.3 Å². The minimum atomic E-state index is -0.874. The Morgan fingerprint density at radius 3 is 2.07 bits per heavy atom. The van der Waals surface area contributed by atoms with Crippen molar-refractivity contribution >= 4 is 11.8 Å². The zero-order valence-electron chi connectivity index (χ0n) is 16.2. The molecule has 2 rings (SSSR count). The van der Waals surface area contributed by atoms with Gasteiger partial charge >= 0.3 is 5.97 Å². The van der Waals surface area contributed by atoms with E-state index in [9.17, 15) is 25.4 Å². The van der Waals surface area contributed by atoms with Crippen molar-refractivity contribution in [3.05, 3.63) is 70.3 Å². The lowest BCUT2D eigenvalue weighted by atomic mass is 9.76. The highest BCUT2D eigenvalue weighted by Crippen LogP contribution is 2.38. The Bertz CT molecular complexity index is 1040. The third kappa shape index (κ3) is 4.86. The van der Waals surface area contributed by atoms with Crippen molar-refractivity contribution in [3.63, 3.8) is 0 Å². The Kier molecular flexibility index (Phi) is 7.24. The second-order valence-corrected chi connectivity index (χ2v) is 6.47. The summed E-state index contributed by atoms with van der Waals surface area (Å²) in [6.45, 7) is 3.21. The number of hydrogen-bond donors (Lipinski definition) is 0. The summed E-state index contributed by atoms with van der Waals surface area (Å²) in [5.41, 5.74) is 1.48. The summed E-state index contributed by atoms with van der Waals surface area (Å²) in [7, 11) is 0. The van der Waals surface area contributed by atoms with E-state index in [1.807, 2.05) is 18.2 Å². The van der Waals surface area contributed by atoms with Gasteiger partial charge in [0.15, 0.2) is 0 Å². The Hall–Kier alpha value is -3.95. The Morgan fingerprint density at radius 1 is 0.966 bits per heavy atom. The van der Waals surface area contributed by atoms with Crippen LogP contribution in [0.3, 0.4) is 0 Å². The van der Waals surface area contributed by atoms with Gasteiger partial charge in [0.1, 0.15) is 17.9 Å². The van der Waals surface area contributed by atoms with Crippen LogP contribution in [0.25, 0.3) is 0 Å². The molecule has 2 unspecified atom stereocenters. The molecule has 29 heavy (non-hydrogen) atoms. The average Bonchev–Trinajstić information content (AvgIpc) is 2.73. The van der Waals surface area contributed by atoms with Crippen molar-refractivity contribution in [2.45, 2.75) is 26.2 Å². The van der Waals surface area contributed by atoms with Crippen LogP contribution < -0.4 is 0 Å². The molecule has 0 heterocycles. The molecule has 2 aromatic rings. The van der Waals surface area contributed by atoms with E-state index in [1.165, 1.54) is 19.1 Å². The number of Topliss-reactive ketones (excluding diaryl/α,β-unsaturated/α-hetero) is 1.